The maximum absolute atomic E-state index is 12.2. The van der Waals surface area contributed by atoms with Gasteiger partial charge in [-0.05, 0) is 30.7 Å². The minimum Gasteiger partial charge on any atom is -0.273 e. The monoisotopic (exact) mass is 395 g/mol. The summed E-state index contributed by atoms with van der Waals surface area (Å²) in [5.41, 5.74) is 6.71. The molecule has 1 amide bonds. The van der Waals surface area contributed by atoms with Crippen LogP contribution in [0, 0.1) is 6.92 Å². The molecule has 0 saturated heterocycles. The number of aromatic nitrogens is 1. The molecule has 0 bridgehead atoms. The first-order chi connectivity index (χ1) is 11.9. The average molecular weight is 396 g/mol. The first-order valence-corrected chi connectivity index (χ1v) is 10.1. The number of thiazole rings is 1. The lowest BCUT2D eigenvalue weighted by Gasteiger charge is -2.06. The number of fused-ring (bicyclic) bond motifs is 1. The summed E-state index contributed by atoms with van der Waals surface area (Å²) >= 11 is 7.41. The first kappa shape index (κ1) is 17.7. The van der Waals surface area contributed by atoms with E-state index >= 15 is 0 Å². The van der Waals surface area contributed by atoms with Gasteiger partial charge in [0.1, 0.15) is 5.75 Å². The van der Waals surface area contributed by atoms with Gasteiger partial charge in [-0.1, -0.05) is 47.2 Å². The maximum Gasteiger partial charge on any atom is 0.253 e. The fourth-order valence-corrected chi connectivity index (χ4v) is 4.52. The second-order valence-electron chi connectivity index (χ2n) is 5.31. The fraction of sp³-hybridized carbons (Fsp3) is 0.125. The van der Waals surface area contributed by atoms with Crippen LogP contribution in [0.4, 0.5) is 5.13 Å². The van der Waals surface area contributed by atoms with E-state index in [1.54, 1.807) is 24.3 Å². The number of sulfone groups is 1. The number of aryl methyl sites for hydroxylation is 1. The van der Waals surface area contributed by atoms with E-state index in [0.29, 0.717) is 10.2 Å². The third kappa shape index (κ3) is 3.92. The van der Waals surface area contributed by atoms with E-state index in [2.05, 4.69) is 15.8 Å². The number of nitrogens with one attached hydrogen (secondary N) is 2. The maximum atomic E-state index is 12.2. The van der Waals surface area contributed by atoms with Gasteiger partial charge in [0.25, 0.3) is 5.91 Å². The number of carbonyl (C=O) groups is 1. The molecule has 0 fully saturated rings. The van der Waals surface area contributed by atoms with Crippen molar-refractivity contribution in [3.8, 4) is 0 Å². The second-order valence-corrected chi connectivity index (χ2v) is 8.70. The minimum atomic E-state index is -3.69. The van der Waals surface area contributed by atoms with E-state index < -0.39 is 21.5 Å². The van der Waals surface area contributed by atoms with Gasteiger partial charge in [0.15, 0.2) is 9.84 Å². The van der Waals surface area contributed by atoms with Crippen LogP contribution in [-0.2, 0) is 14.6 Å². The number of amides is 1. The Hall–Kier alpha value is -2.16. The van der Waals surface area contributed by atoms with Crippen molar-refractivity contribution in [3.05, 3.63) is 53.1 Å². The molecular weight excluding hydrogens is 382 g/mol. The zero-order valence-electron chi connectivity index (χ0n) is 13.1. The zero-order chi connectivity index (χ0) is 18.0. The molecule has 25 heavy (non-hydrogen) atoms. The normalized spacial score (nSPS) is 11.4. The van der Waals surface area contributed by atoms with Crippen molar-refractivity contribution in [1.82, 2.24) is 10.4 Å². The Balaban J connectivity index is 1.69. The zero-order valence-corrected chi connectivity index (χ0v) is 15.5. The summed E-state index contributed by atoms with van der Waals surface area (Å²) in [5.74, 6) is -1.33. The van der Waals surface area contributed by atoms with Crippen molar-refractivity contribution in [1.29, 1.82) is 0 Å². The molecule has 130 valence electrons. The highest BCUT2D eigenvalue weighted by molar-refractivity contribution is 7.92. The van der Waals surface area contributed by atoms with Crippen LogP contribution in [0.5, 0.6) is 0 Å². The SMILES string of the molecule is Cc1ccc(Cl)c2sc(NNC(=O)CS(=O)(=O)c3ccccc3)nc12. The number of hydrogen-bond donors (Lipinski definition) is 2. The minimum absolute atomic E-state index is 0.104. The third-order valence-electron chi connectivity index (χ3n) is 3.43. The van der Waals surface area contributed by atoms with E-state index in [0.717, 1.165) is 15.8 Å². The fourth-order valence-electron chi connectivity index (χ4n) is 2.20. The van der Waals surface area contributed by atoms with Crippen LogP contribution in [0.1, 0.15) is 5.56 Å². The lowest BCUT2D eigenvalue weighted by molar-refractivity contribution is -0.118. The largest absolute Gasteiger partial charge is 0.273 e. The Morgan fingerprint density at radius 3 is 2.60 bits per heavy atom. The van der Waals surface area contributed by atoms with Crippen molar-refractivity contribution in [2.24, 2.45) is 0 Å². The molecule has 0 atom stereocenters. The van der Waals surface area contributed by atoms with Crippen molar-refractivity contribution >= 4 is 54.0 Å². The summed E-state index contributed by atoms with van der Waals surface area (Å²) in [6.07, 6.45) is 0. The van der Waals surface area contributed by atoms with Crippen LogP contribution in [0.2, 0.25) is 5.02 Å². The smallest absolute Gasteiger partial charge is 0.253 e. The van der Waals surface area contributed by atoms with Gasteiger partial charge in [-0.25, -0.2) is 13.4 Å². The Morgan fingerprint density at radius 1 is 1.20 bits per heavy atom. The number of nitrogens with zero attached hydrogens (tertiary/aromatic N) is 1. The van der Waals surface area contributed by atoms with Crippen LogP contribution in [0.25, 0.3) is 10.2 Å². The summed E-state index contributed by atoms with van der Waals surface area (Å²) < 4.78 is 25.1. The molecule has 0 spiro atoms. The Kier molecular flexibility index (Phi) is 4.94. The van der Waals surface area contributed by atoms with E-state index in [1.165, 1.54) is 23.5 Å². The van der Waals surface area contributed by atoms with E-state index in [4.69, 9.17) is 11.6 Å². The molecule has 0 saturated carbocycles. The number of benzene rings is 2. The molecule has 3 aromatic rings. The van der Waals surface area contributed by atoms with Gasteiger partial charge < -0.3 is 0 Å². The van der Waals surface area contributed by atoms with Crippen LogP contribution >= 0.6 is 22.9 Å². The number of hydrogen-bond acceptors (Lipinski definition) is 6. The highest BCUT2D eigenvalue weighted by Crippen LogP contribution is 2.33. The summed E-state index contributed by atoms with van der Waals surface area (Å²) in [6, 6.07) is 11.5. The van der Waals surface area contributed by atoms with Crippen molar-refractivity contribution in [2.75, 3.05) is 11.2 Å². The lowest BCUT2D eigenvalue weighted by atomic mass is 10.2. The van der Waals surface area contributed by atoms with Gasteiger partial charge in [-0.2, -0.15) is 0 Å². The first-order valence-electron chi connectivity index (χ1n) is 7.25. The molecule has 0 radical (unpaired) electrons. The molecule has 0 unspecified atom stereocenters. The van der Waals surface area contributed by atoms with Crippen molar-refractivity contribution in [3.63, 3.8) is 0 Å². The highest BCUT2D eigenvalue weighted by atomic mass is 35.5. The van der Waals surface area contributed by atoms with Gasteiger partial charge in [-0.3, -0.25) is 15.6 Å². The summed E-state index contributed by atoms with van der Waals surface area (Å²) in [4.78, 5) is 16.4. The average Bonchev–Trinajstić information content (AvgIpc) is 3.03. The molecule has 9 heteroatoms. The Morgan fingerprint density at radius 2 is 1.92 bits per heavy atom. The number of anilines is 1. The predicted molar refractivity (Wildman–Crippen MR) is 99.6 cm³/mol. The topological polar surface area (TPSA) is 88.2 Å². The van der Waals surface area contributed by atoms with Gasteiger partial charge in [0.05, 0.1) is 20.1 Å². The molecule has 2 N–H and O–H groups in total. The molecular formula is C16H14ClN3O3S2. The molecule has 0 aliphatic rings. The van der Waals surface area contributed by atoms with Gasteiger partial charge >= 0.3 is 0 Å². The predicted octanol–water partition coefficient (Wildman–Crippen LogP) is 3.18. The number of carbonyl (C=O) groups excluding carboxylic acids is 1. The molecule has 2 aromatic carbocycles. The molecule has 1 aromatic heterocycles. The number of rotatable bonds is 5. The van der Waals surface area contributed by atoms with Gasteiger partial charge in [-0.15, -0.1) is 0 Å². The molecule has 6 nitrogen and oxygen atoms in total. The Bertz CT molecular complexity index is 994. The summed E-state index contributed by atoms with van der Waals surface area (Å²) in [7, 11) is -3.69. The van der Waals surface area contributed by atoms with Crippen molar-refractivity contribution in [2.45, 2.75) is 11.8 Å². The number of halogens is 1. The lowest BCUT2D eigenvalue weighted by Crippen LogP contribution is -2.34. The van der Waals surface area contributed by atoms with Gasteiger partial charge in [0, 0.05) is 0 Å². The van der Waals surface area contributed by atoms with Crippen LogP contribution in [0.3, 0.4) is 0 Å². The summed E-state index contributed by atoms with van der Waals surface area (Å²) in [5, 5.41) is 1.00. The summed E-state index contributed by atoms with van der Waals surface area (Å²) in [6.45, 7) is 1.91. The van der Waals surface area contributed by atoms with Gasteiger partial charge in [0.2, 0.25) is 5.13 Å². The third-order valence-corrected chi connectivity index (χ3v) is 6.49. The van der Waals surface area contributed by atoms with E-state index in [9.17, 15) is 13.2 Å². The van der Waals surface area contributed by atoms with E-state index in [1.807, 2.05) is 13.0 Å². The molecule has 0 aliphatic carbocycles. The number of hydrazine groups is 1. The second kappa shape index (κ2) is 6.99. The van der Waals surface area contributed by atoms with Crippen LogP contribution < -0.4 is 10.9 Å². The van der Waals surface area contributed by atoms with Crippen molar-refractivity contribution < 1.29 is 13.2 Å². The molecule has 3 rings (SSSR count). The Labute approximate surface area is 153 Å². The molecule has 0 aliphatic heterocycles. The quantitative estimate of drug-likeness (QED) is 0.648. The standard InChI is InChI=1S/C16H14ClN3O3S2/c1-10-7-8-12(17)15-14(10)18-16(24-15)20-19-13(21)9-25(22,23)11-5-3-2-4-6-11/h2-8H,9H2,1H3,(H,18,20)(H,19,21). The van der Waals surface area contributed by atoms with E-state index in [-0.39, 0.29) is 4.90 Å². The van der Waals surface area contributed by atoms with Crippen LogP contribution in [0.15, 0.2) is 47.4 Å². The highest BCUT2D eigenvalue weighted by Gasteiger charge is 2.19. The molecule has 1 heterocycles. The van der Waals surface area contributed by atoms with Crippen LogP contribution in [-0.4, -0.2) is 25.1 Å².